The van der Waals surface area contributed by atoms with Crippen LogP contribution in [0.25, 0.3) is 10.6 Å². The summed E-state index contributed by atoms with van der Waals surface area (Å²) >= 11 is 7.69. The van der Waals surface area contributed by atoms with Crippen molar-refractivity contribution in [1.29, 1.82) is 0 Å². The molecule has 0 atom stereocenters. The lowest BCUT2D eigenvalue weighted by molar-refractivity contribution is 0.679. The molecule has 18 heavy (non-hydrogen) atoms. The lowest BCUT2D eigenvalue weighted by Crippen LogP contribution is -2.14. The van der Waals surface area contributed by atoms with Crippen molar-refractivity contribution >= 4 is 22.9 Å². The predicted octanol–water partition coefficient (Wildman–Crippen LogP) is 3.42. The minimum Gasteiger partial charge on any atom is -0.308 e. The van der Waals surface area contributed by atoms with Crippen LogP contribution in [0.2, 0.25) is 5.02 Å². The first-order valence-corrected chi connectivity index (χ1v) is 7.23. The Hall–Kier alpha value is -0.970. The van der Waals surface area contributed by atoms with Gasteiger partial charge in [-0.25, -0.2) is 0 Å². The fourth-order valence-corrected chi connectivity index (χ4v) is 2.89. The molecule has 0 radical (unpaired) electrons. The van der Waals surface area contributed by atoms with Gasteiger partial charge in [-0.3, -0.25) is 0 Å². The summed E-state index contributed by atoms with van der Waals surface area (Å²) in [5.41, 5.74) is 2.19. The van der Waals surface area contributed by atoms with Crippen molar-refractivity contribution in [2.24, 2.45) is 0 Å². The highest BCUT2D eigenvalue weighted by molar-refractivity contribution is 7.14. The molecule has 3 nitrogen and oxygen atoms in total. The number of benzene rings is 1. The average molecular weight is 280 g/mol. The highest BCUT2D eigenvalue weighted by atomic mass is 35.5. The van der Waals surface area contributed by atoms with Gasteiger partial charge in [-0.15, -0.1) is 10.2 Å². The van der Waals surface area contributed by atoms with Crippen molar-refractivity contribution in [3.63, 3.8) is 0 Å². The van der Waals surface area contributed by atoms with E-state index in [2.05, 4.69) is 21.6 Å². The summed E-state index contributed by atoms with van der Waals surface area (Å²) in [7, 11) is 0. The smallest absolute Gasteiger partial charge is 0.147 e. The van der Waals surface area contributed by atoms with Crippen LogP contribution in [0.3, 0.4) is 0 Å². The van der Waals surface area contributed by atoms with E-state index in [9.17, 15) is 0 Å². The Labute approximate surface area is 115 Å². The summed E-state index contributed by atoms with van der Waals surface area (Å²) in [6.07, 6.45) is 2.58. The molecule has 1 heterocycles. The lowest BCUT2D eigenvalue weighted by Gasteiger charge is -1.99. The molecule has 0 aliphatic heterocycles. The molecule has 0 amide bonds. The molecule has 1 aromatic carbocycles. The Morgan fingerprint density at radius 3 is 2.89 bits per heavy atom. The van der Waals surface area contributed by atoms with E-state index in [-0.39, 0.29) is 0 Å². The maximum atomic E-state index is 6.06. The van der Waals surface area contributed by atoms with Crippen LogP contribution in [-0.2, 0) is 6.54 Å². The predicted molar refractivity (Wildman–Crippen MR) is 75.0 cm³/mol. The molecule has 1 N–H and O–H groups in total. The topological polar surface area (TPSA) is 37.8 Å². The maximum absolute atomic E-state index is 6.06. The third-order valence-corrected chi connectivity index (χ3v) is 4.07. The zero-order valence-corrected chi connectivity index (χ0v) is 11.7. The summed E-state index contributed by atoms with van der Waals surface area (Å²) in [4.78, 5) is 0. The molecule has 1 aromatic heterocycles. The molecule has 1 aliphatic rings. The van der Waals surface area contributed by atoms with Gasteiger partial charge in [0.05, 0.1) is 0 Å². The first-order chi connectivity index (χ1) is 8.70. The number of nitrogens with zero attached hydrogens (tertiary/aromatic N) is 2. The highest BCUT2D eigenvalue weighted by Crippen LogP contribution is 2.27. The summed E-state index contributed by atoms with van der Waals surface area (Å²) in [5.74, 6) is 0. The molecule has 2 aromatic rings. The quantitative estimate of drug-likeness (QED) is 0.932. The number of hydrogen-bond donors (Lipinski definition) is 1. The minimum atomic E-state index is 0.700. The Kier molecular flexibility index (Phi) is 3.33. The van der Waals surface area contributed by atoms with Gasteiger partial charge < -0.3 is 5.32 Å². The first kappa shape index (κ1) is 12.1. The molecular formula is C13H14ClN3S. The normalized spacial score (nSPS) is 15.0. The van der Waals surface area contributed by atoms with Crippen LogP contribution in [0.4, 0.5) is 0 Å². The number of rotatable bonds is 4. The van der Waals surface area contributed by atoms with Gasteiger partial charge in [0.25, 0.3) is 0 Å². The summed E-state index contributed by atoms with van der Waals surface area (Å²) in [6.45, 7) is 2.86. The second-order valence-corrected chi connectivity index (χ2v) is 6.17. The number of aromatic nitrogens is 2. The van der Waals surface area contributed by atoms with Gasteiger partial charge in [0, 0.05) is 23.2 Å². The van der Waals surface area contributed by atoms with E-state index < -0.39 is 0 Å². The molecular weight excluding hydrogens is 266 g/mol. The largest absolute Gasteiger partial charge is 0.308 e. The van der Waals surface area contributed by atoms with Crippen molar-refractivity contribution in [2.75, 3.05) is 0 Å². The van der Waals surface area contributed by atoms with Gasteiger partial charge in [-0.05, 0) is 43.5 Å². The molecule has 0 spiro atoms. The Bertz CT molecular complexity index is 543. The Balaban J connectivity index is 1.78. The number of halogens is 1. The average Bonchev–Trinajstić information content (AvgIpc) is 3.02. The van der Waals surface area contributed by atoms with Gasteiger partial charge in [0.1, 0.15) is 10.0 Å². The molecule has 94 valence electrons. The standard InChI is InChI=1S/C13H14ClN3S/c1-8-4-9(6-10(14)5-8)13-17-16-12(18-13)7-15-11-2-3-11/h4-6,11,15H,2-3,7H2,1H3. The summed E-state index contributed by atoms with van der Waals surface area (Å²) in [5, 5.41) is 14.6. The second kappa shape index (κ2) is 4.96. The summed E-state index contributed by atoms with van der Waals surface area (Å²) in [6, 6.07) is 6.67. The number of hydrogen-bond acceptors (Lipinski definition) is 4. The molecule has 0 bridgehead atoms. The minimum absolute atomic E-state index is 0.700. The summed E-state index contributed by atoms with van der Waals surface area (Å²) < 4.78 is 0. The third-order valence-electron chi connectivity index (χ3n) is 2.88. The van der Waals surface area contributed by atoms with Crippen LogP contribution >= 0.6 is 22.9 Å². The molecule has 0 unspecified atom stereocenters. The Morgan fingerprint density at radius 1 is 1.33 bits per heavy atom. The fraction of sp³-hybridized carbons (Fsp3) is 0.385. The van der Waals surface area contributed by atoms with Crippen molar-refractivity contribution in [2.45, 2.75) is 32.4 Å². The van der Waals surface area contributed by atoms with Crippen LogP contribution in [0, 0.1) is 6.92 Å². The van der Waals surface area contributed by atoms with Crippen molar-refractivity contribution in [3.8, 4) is 10.6 Å². The zero-order valence-electron chi connectivity index (χ0n) is 10.1. The van der Waals surface area contributed by atoms with E-state index in [4.69, 9.17) is 11.6 Å². The van der Waals surface area contributed by atoms with Crippen molar-refractivity contribution in [3.05, 3.63) is 33.8 Å². The third kappa shape index (κ3) is 2.88. The molecule has 1 fully saturated rings. The first-order valence-electron chi connectivity index (χ1n) is 6.04. The second-order valence-electron chi connectivity index (χ2n) is 4.67. The van der Waals surface area contributed by atoms with E-state index >= 15 is 0 Å². The number of nitrogens with one attached hydrogen (secondary N) is 1. The highest BCUT2D eigenvalue weighted by Gasteiger charge is 2.20. The van der Waals surface area contributed by atoms with E-state index in [1.54, 1.807) is 11.3 Å². The van der Waals surface area contributed by atoms with Gasteiger partial charge in [0.2, 0.25) is 0 Å². The number of aryl methyl sites for hydroxylation is 1. The van der Waals surface area contributed by atoms with E-state index in [0.717, 1.165) is 32.7 Å². The molecule has 5 heteroatoms. The molecule has 1 aliphatic carbocycles. The van der Waals surface area contributed by atoms with Crippen LogP contribution in [0.5, 0.6) is 0 Å². The van der Waals surface area contributed by atoms with Gasteiger partial charge in [-0.2, -0.15) is 0 Å². The van der Waals surface area contributed by atoms with Crippen molar-refractivity contribution in [1.82, 2.24) is 15.5 Å². The zero-order chi connectivity index (χ0) is 12.5. The van der Waals surface area contributed by atoms with Crippen LogP contribution in [0.1, 0.15) is 23.4 Å². The van der Waals surface area contributed by atoms with E-state index in [0.29, 0.717) is 6.04 Å². The molecule has 0 saturated heterocycles. The van der Waals surface area contributed by atoms with E-state index in [1.807, 2.05) is 19.1 Å². The van der Waals surface area contributed by atoms with Gasteiger partial charge in [0.15, 0.2) is 0 Å². The fourth-order valence-electron chi connectivity index (χ4n) is 1.82. The molecule has 1 saturated carbocycles. The van der Waals surface area contributed by atoms with Crippen LogP contribution in [-0.4, -0.2) is 16.2 Å². The maximum Gasteiger partial charge on any atom is 0.147 e. The van der Waals surface area contributed by atoms with Crippen LogP contribution in [0.15, 0.2) is 18.2 Å². The lowest BCUT2D eigenvalue weighted by atomic mass is 10.1. The van der Waals surface area contributed by atoms with Crippen LogP contribution < -0.4 is 5.32 Å². The Morgan fingerprint density at radius 2 is 2.17 bits per heavy atom. The monoisotopic (exact) mass is 279 g/mol. The van der Waals surface area contributed by atoms with E-state index in [1.165, 1.54) is 12.8 Å². The van der Waals surface area contributed by atoms with Crippen molar-refractivity contribution < 1.29 is 0 Å². The SMILES string of the molecule is Cc1cc(Cl)cc(-c2nnc(CNC3CC3)s2)c1. The van der Waals surface area contributed by atoms with Gasteiger partial charge >= 0.3 is 0 Å². The van der Waals surface area contributed by atoms with Gasteiger partial charge in [-0.1, -0.05) is 22.9 Å². The molecule has 3 rings (SSSR count).